The minimum absolute atomic E-state index is 0.237. The summed E-state index contributed by atoms with van der Waals surface area (Å²) in [5.41, 5.74) is 7.90. The lowest BCUT2D eigenvalue weighted by molar-refractivity contribution is 0.114. The van der Waals surface area contributed by atoms with Crippen molar-refractivity contribution in [1.29, 1.82) is 0 Å². The van der Waals surface area contributed by atoms with Crippen LogP contribution in [0.2, 0.25) is 0 Å². The largest absolute Gasteiger partial charge is 0.382 e. The second-order valence-electron chi connectivity index (χ2n) is 9.20. The first kappa shape index (κ1) is 21.2. The summed E-state index contributed by atoms with van der Waals surface area (Å²) in [6.45, 7) is 8.60. The van der Waals surface area contributed by atoms with Crippen molar-refractivity contribution in [3.05, 3.63) is 99.7 Å². The zero-order valence-electron chi connectivity index (χ0n) is 18.8. The van der Waals surface area contributed by atoms with Gasteiger partial charge in [-0.15, -0.1) is 0 Å². The zero-order chi connectivity index (χ0) is 22.6. The van der Waals surface area contributed by atoms with E-state index in [1.165, 1.54) is 11.1 Å². The summed E-state index contributed by atoms with van der Waals surface area (Å²) in [5.74, 6) is 0.724. The van der Waals surface area contributed by atoms with E-state index in [4.69, 9.17) is 8.92 Å². The molecule has 0 radical (unpaired) electrons. The van der Waals surface area contributed by atoms with Crippen LogP contribution in [0.4, 0.5) is 0 Å². The molecule has 3 atom stereocenters. The second-order valence-corrected chi connectivity index (χ2v) is 11.0. The van der Waals surface area contributed by atoms with E-state index < -0.39 is 21.5 Å². The smallest absolute Gasteiger partial charge is 0.315 e. The van der Waals surface area contributed by atoms with Crippen LogP contribution >= 0.6 is 0 Å². The van der Waals surface area contributed by atoms with Crippen LogP contribution in [0.25, 0.3) is 0 Å². The molecule has 5 heteroatoms. The van der Waals surface area contributed by atoms with Crippen molar-refractivity contribution in [1.82, 2.24) is 0 Å². The number of hydrogen-bond acceptors (Lipinski definition) is 4. The highest BCUT2D eigenvalue weighted by Crippen LogP contribution is 2.50. The minimum Gasteiger partial charge on any atom is -0.382 e. The molecule has 4 aliphatic rings. The highest BCUT2D eigenvalue weighted by molar-refractivity contribution is 7.87. The summed E-state index contributed by atoms with van der Waals surface area (Å²) >= 11 is 0. The Hall–Kier alpha value is -2.63. The molecule has 2 bridgehead atoms. The van der Waals surface area contributed by atoms with Gasteiger partial charge in [0.2, 0.25) is 0 Å². The molecule has 5 rings (SSSR count). The van der Waals surface area contributed by atoms with Gasteiger partial charge in [-0.25, -0.2) is 0 Å². The summed E-state index contributed by atoms with van der Waals surface area (Å²) in [6.07, 6.45) is 10.5. The third kappa shape index (κ3) is 3.44. The minimum atomic E-state index is -3.86. The lowest BCUT2D eigenvalue weighted by Crippen LogP contribution is -2.36. The Morgan fingerprint density at radius 1 is 1.00 bits per heavy atom. The van der Waals surface area contributed by atoms with E-state index in [9.17, 15) is 8.42 Å². The third-order valence-corrected chi connectivity index (χ3v) is 8.34. The molecule has 0 unspecified atom stereocenters. The van der Waals surface area contributed by atoms with Gasteiger partial charge < -0.3 is 8.92 Å². The van der Waals surface area contributed by atoms with Crippen LogP contribution in [0.3, 0.4) is 0 Å². The Morgan fingerprint density at radius 3 is 2.44 bits per heavy atom. The SMILES string of the molecule is CC1=C2C=C(C(C)C)C=CC(C)=C2C2=C(C=C1)[C@H]1C[C@H](S(=O)(=O)Oc3ccccc3)[C@@H]2O1. The molecular weight excluding hydrogens is 420 g/mol. The molecule has 0 aromatic heterocycles. The van der Waals surface area contributed by atoms with Crippen LogP contribution in [0, 0.1) is 5.92 Å². The van der Waals surface area contributed by atoms with Crippen LogP contribution in [0.5, 0.6) is 5.75 Å². The number of benzene rings is 1. The van der Waals surface area contributed by atoms with E-state index in [1.54, 1.807) is 24.3 Å². The fourth-order valence-electron chi connectivity index (χ4n) is 5.01. The van der Waals surface area contributed by atoms with Gasteiger partial charge in [-0.1, -0.05) is 62.4 Å². The lowest BCUT2D eigenvalue weighted by Gasteiger charge is -2.26. The lowest BCUT2D eigenvalue weighted by atomic mass is 9.82. The van der Waals surface area contributed by atoms with E-state index in [1.807, 2.05) is 6.07 Å². The topological polar surface area (TPSA) is 52.6 Å². The Kier molecular flexibility index (Phi) is 5.14. The fourth-order valence-corrected chi connectivity index (χ4v) is 6.42. The number of hydrogen-bond donors (Lipinski definition) is 0. The first-order valence-corrected chi connectivity index (χ1v) is 12.6. The second kappa shape index (κ2) is 7.75. The molecule has 0 amide bonds. The Morgan fingerprint density at radius 2 is 1.72 bits per heavy atom. The number of allylic oxidation sites excluding steroid dienone is 8. The zero-order valence-corrected chi connectivity index (χ0v) is 19.6. The number of ether oxygens (including phenoxy) is 1. The fraction of sp³-hybridized carbons (Fsp3) is 0.333. The van der Waals surface area contributed by atoms with Crippen LogP contribution in [0.1, 0.15) is 34.1 Å². The molecule has 1 fully saturated rings. The van der Waals surface area contributed by atoms with Crippen LogP contribution in [0.15, 0.2) is 99.7 Å². The van der Waals surface area contributed by atoms with Gasteiger partial charge in [0.25, 0.3) is 0 Å². The van der Waals surface area contributed by atoms with Gasteiger partial charge in [-0.3, -0.25) is 0 Å². The summed E-state index contributed by atoms with van der Waals surface area (Å²) in [4.78, 5) is 0. The highest BCUT2D eigenvalue weighted by atomic mass is 32.2. The van der Waals surface area contributed by atoms with E-state index in [0.29, 0.717) is 18.1 Å². The van der Waals surface area contributed by atoms with Crippen LogP contribution < -0.4 is 4.18 Å². The van der Waals surface area contributed by atoms with Crippen molar-refractivity contribution in [3.8, 4) is 5.75 Å². The summed E-state index contributed by atoms with van der Waals surface area (Å²) < 4.78 is 38.3. The molecule has 4 nitrogen and oxygen atoms in total. The molecule has 1 aromatic carbocycles. The maximum atomic E-state index is 13.3. The average Bonchev–Trinajstić information content (AvgIpc) is 3.23. The standard InChI is InChI=1S/C27H28O4S/c1-16(2)19-12-10-18(4)25-22(14-19)17(3)11-13-21-23-15-24(27(30-23)26(21)25)32(28,29)31-20-8-6-5-7-9-20/h5-14,16,23-24,27H,15H2,1-4H3/t23-,24+,27+/m1/s1. The first-order valence-electron chi connectivity index (χ1n) is 11.1. The van der Waals surface area contributed by atoms with Crippen LogP contribution in [-0.2, 0) is 14.9 Å². The van der Waals surface area contributed by atoms with Crippen LogP contribution in [-0.4, -0.2) is 25.9 Å². The van der Waals surface area contributed by atoms with Crippen molar-refractivity contribution < 1.29 is 17.3 Å². The molecular formula is C27H28O4S. The van der Waals surface area contributed by atoms with Gasteiger partial charge in [-0.2, -0.15) is 8.42 Å². The number of para-hydroxylation sites is 1. The normalized spacial score (nSPS) is 26.9. The molecule has 2 aliphatic carbocycles. The van der Waals surface area contributed by atoms with E-state index in [0.717, 1.165) is 27.9 Å². The Balaban J connectivity index is 1.58. The average molecular weight is 449 g/mol. The molecule has 1 aromatic rings. The van der Waals surface area contributed by atoms with E-state index in [2.05, 4.69) is 58.1 Å². The molecule has 1 saturated heterocycles. The van der Waals surface area contributed by atoms with Gasteiger partial charge in [0.05, 0.1) is 6.10 Å². The third-order valence-electron chi connectivity index (χ3n) is 6.74. The number of rotatable bonds is 4. The molecule has 32 heavy (non-hydrogen) atoms. The molecule has 0 N–H and O–H groups in total. The quantitative estimate of drug-likeness (QED) is 0.564. The van der Waals surface area contributed by atoms with Gasteiger partial charge in [0, 0.05) is 6.42 Å². The van der Waals surface area contributed by atoms with Crippen molar-refractivity contribution in [2.75, 3.05) is 0 Å². The van der Waals surface area contributed by atoms with Gasteiger partial charge in [0.15, 0.2) is 0 Å². The molecule has 2 heterocycles. The monoisotopic (exact) mass is 448 g/mol. The summed E-state index contributed by atoms with van der Waals surface area (Å²) in [6, 6.07) is 8.69. The number of fused-ring (bicyclic) bond motifs is 6. The summed E-state index contributed by atoms with van der Waals surface area (Å²) in [5, 5.41) is -0.736. The van der Waals surface area contributed by atoms with Gasteiger partial charge in [0.1, 0.15) is 17.1 Å². The predicted octanol–water partition coefficient (Wildman–Crippen LogP) is 5.59. The van der Waals surface area contributed by atoms with Crippen molar-refractivity contribution in [2.45, 2.75) is 51.6 Å². The Labute approximate surface area is 190 Å². The Bertz CT molecular complexity index is 1250. The van der Waals surface area contributed by atoms with Gasteiger partial charge in [-0.05, 0) is 70.9 Å². The molecule has 166 valence electrons. The van der Waals surface area contributed by atoms with E-state index in [-0.39, 0.29) is 6.10 Å². The maximum absolute atomic E-state index is 13.3. The molecule has 2 aliphatic heterocycles. The maximum Gasteiger partial charge on any atom is 0.315 e. The van der Waals surface area contributed by atoms with E-state index >= 15 is 0 Å². The first-order chi connectivity index (χ1) is 15.3. The van der Waals surface area contributed by atoms with Gasteiger partial charge >= 0.3 is 10.1 Å². The predicted molar refractivity (Wildman–Crippen MR) is 127 cm³/mol. The summed E-state index contributed by atoms with van der Waals surface area (Å²) in [7, 11) is -3.86. The van der Waals surface area contributed by atoms with Crippen molar-refractivity contribution >= 4 is 10.1 Å². The molecule has 0 spiro atoms. The van der Waals surface area contributed by atoms with Crippen molar-refractivity contribution in [2.24, 2.45) is 5.92 Å². The highest BCUT2D eigenvalue weighted by Gasteiger charge is 2.54. The van der Waals surface area contributed by atoms with Crippen molar-refractivity contribution in [3.63, 3.8) is 0 Å². The molecule has 0 saturated carbocycles.